The quantitative estimate of drug-likeness (QED) is 0.869. The van der Waals surface area contributed by atoms with Gasteiger partial charge in [-0.25, -0.2) is 0 Å². The Morgan fingerprint density at radius 1 is 1.43 bits per heavy atom. The molecular weight excluding hydrogens is 336 g/mol. The summed E-state index contributed by atoms with van der Waals surface area (Å²) in [6, 6.07) is 5.31. The Morgan fingerprint density at radius 2 is 2.10 bits per heavy atom. The third-order valence-electron chi connectivity index (χ3n) is 4.40. The number of benzene rings is 1. The molecule has 1 amide bonds. The van der Waals surface area contributed by atoms with Crippen LogP contribution in [-0.2, 0) is 4.79 Å². The van der Waals surface area contributed by atoms with Gasteiger partial charge >= 0.3 is 5.97 Å². The van der Waals surface area contributed by atoms with Crippen LogP contribution >= 0.6 is 15.9 Å². The molecule has 0 radical (unpaired) electrons. The van der Waals surface area contributed by atoms with Gasteiger partial charge in [-0.1, -0.05) is 29.8 Å². The van der Waals surface area contributed by atoms with E-state index >= 15 is 0 Å². The molecule has 21 heavy (non-hydrogen) atoms. The van der Waals surface area contributed by atoms with E-state index in [1.807, 2.05) is 30.9 Å². The third-order valence-corrected chi connectivity index (χ3v) is 4.89. The number of carbonyl (C=O) groups excluding carboxylic acids is 1. The Hall–Kier alpha value is -1.56. The van der Waals surface area contributed by atoms with Crippen LogP contribution in [0.3, 0.4) is 0 Å². The average Bonchev–Trinajstić information content (AvgIpc) is 2.84. The van der Waals surface area contributed by atoms with E-state index in [0.717, 1.165) is 4.47 Å². The number of nitrogens with zero attached hydrogens (tertiary/aromatic N) is 1. The van der Waals surface area contributed by atoms with Gasteiger partial charge in [0.05, 0.1) is 11.0 Å². The van der Waals surface area contributed by atoms with Crippen molar-refractivity contribution >= 4 is 33.5 Å². The number of amides is 1. The minimum absolute atomic E-state index is 0.0208. The summed E-state index contributed by atoms with van der Waals surface area (Å²) in [5.74, 6) is -1.27. The van der Waals surface area contributed by atoms with E-state index in [9.17, 15) is 14.7 Å². The number of aliphatic carboxylic acids is 1. The van der Waals surface area contributed by atoms with Crippen molar-refractivity contribution in [3.05, 3.63) is 28.2 Å². The molecule has 1 saturated heterocycles. The van der Waals surface area contributed by atoms with Crippen LogP contribution < -0.4 is 10.6 Å². The van der Waals surface area contributed by atoms with E-state index < -0.39 is 17.3 Å². The van der Waals surface area contributed by atoms with Crippen molar-refractivity contribution in [2.45, 2.75) is 20.3 Å². The van der Waals surface area contributed by atoms with Gasteiger partial charge < -0.3 is 15.7 Å². The summed E-state index contributed by atoms with van der Waals surface area (Å²) in [5.41, 5.74) is 5.77. The highest BCUT2D eigenvalue weighted by Gasteiger charge is 2.47. The number of hydrogen-bond acceptors (Lipinski definition) is 3. The van der Waals surface area contributed by atoms with E-state index in [1.54, 1.807) is 6.07 Å². The first-order valence-corrected chi connectivity index (χ1v) is 7.65. The zero-order valence-electron chi connectivity index (χ0n) is 12.1. The largest absolute Gasteiger partial charge is 0.481 e. The normalized spacial score (nSPS) is 21.8. The van der Waals surface area contributed by atoms with Gasteiger partial charge in [-0.3, -0.25) is 9.59 Å². The highest BCUT2D eigenvalue weighted by Crippen LogP contribution is 2.41. The monoisotopic (exact) mass is 354 g/mol. The van der Waals surface area contributed by atoms with E-state index in [1.165, 1.54) is 0 Å². The summed E-state index contributed by atoms with van der Waals surface area (Å²) in [5, 5.41) is 9.60. The summed E-state index contributed by atoms with van der Waals surface area (Å²) >= 11 is 3.32. The van der Waals surface area contributed by atoms with Crippen molar-refractivity contribution in [3.8, 4) is 0 Å². The smallest absolute Gasteiger partial charge is 0.311 e. The summed E-state index contributed by atoms with van der Waals surface area (Å²) < 4.78 is 0.771. The summed E-state index contributed by atoms with van der Waals surface area (Å²) in [6.45, 7) is 4.84. The van der Waals surface area contributed by atoms with Crippen molar-refractivity contribution in [1.29, 1.82) is 0 Å². The third kappa shape index (κ3) is 2.77. The highest BCUT2D eigenvalue weighted by atomic mass is 79.9. The predicted octanol–water partition coefficient (Wildman–Crippen LogP) is 2.49. The van der Waals surface area contributed by atoms with Gasteiger partial charge in [0.2, 0.25) is 0 Å². The molecule has 1 fully saturated rings. The van der Waals surface area contributed by atoms with Gasteiger partial charge in [-0.15, -0.1) is 0 Å². The van der Waals surface area contributed by atoms with Crippen molar-refractivity contribution in [2.75, 3.05) is 18.0 Å². The number of carbonyl (C=O) groups is 2. The van der Waals surface area contributed by atoms with Crippen LogP contribution in [0.15, 0.2) is 22.7 Å². The molecular formula is C15H19BrN2O3. The fourth-order valence-corrected chi connectivity index (χ4v) is 3.27. The number of halogens is 1. The molecule has 1 aliphatic heterocycles. The molecule has 5 nitrogen and oxygen atoms in total. The fourth-order valence-electron chi connectivity index (χ4n) is 2.91. The number of rotatable bonds is 4. The predicted molar refractivity (Wildman–Crippen MR) is 84.4 cm³/mol. The fraction of sp³-hybridized carbons (Fsp3) is 0.467. The van der Waals surface area contributed by atoms with E-state index in [-0.39, 0.29) is 5.92 Å². The minimum atomic E-state index is -0.780. The van der Waals surface area contributed by atoms with Crippen LogP contribution in [-0.4, -0.2) is 30.1 Å². The molecule has 0 bridgehead atoms. The first-order valence-electron chi connectivity index (χ1n) is 6.85. The number of carboxylic acids is 1. The molecule has 0 aromatic heterocycles. The van der Waals surface area contributed by atoms with Crippen LogP contribution in [0.25, 0.3) is 0 Å². The number of nitrogens with two attached hydrogens (primary N) is 1. The molecule has 1 heterocycles. The Balaban J connectivity index is 2.38. The van der Waals surface area contributed by atoms with Gasteiger partial charge in [0.15, 0.2) is 0 Å². The van der Waals surface area contributed by atoms with E-state index in [2.05, 4.69) is 15.9 Å². The molecule has 6 heteroatoms. The van der Waals surface area contributed by atoms with Crippen LogP contribution in [0.1, 0.15) is 30.6 Å². The molecule has 2 rings (SSSR count). The molecule has 0 aliphatic carbocycles. The van der Waals surface area contributed by atoms with Crippen molar-refractivity contribution in [3.63, 3.8) is 0 Å². The molecule has 1 atom stereocenters. The SMILES string of the molecule is CC(C)C1(C(=O)O)CCN(c2ccc(Br)cc2C(N)=O)C1. The second kappa shape index (κ2) is 5.67. The second-order valence-corrected chi connectivity index (χ2v) is 6.73. The standard InChI is InChI=1S/C15H19BrN2O3/c1-9(2)15(14(20)21)5-6-18(8-15)12-4-3-10(16)7-11(12)13(17)19/h3-4,7,9H,5-6,8H2,1-2H3,(H2,17,19)(H,20,21). The lowest BCUT2D eigenvalue weighted by molar-refractivity contribution is -0.150. The highest BCUT2D eigenvalue weighted by molar-refractivity contribution is 9.10. The average molecular weight is 355 g/mol. The van der Waals surface area contributed by atoms with E-state index in [0.29, 0.717) is 30.8 Å². The van der Waals surface area contributed by atoms with Crippen molar-refractivity contribution in [2.24, 2.45) is 17.1 Å². The van der Waals surface area contributed by atoms with Gasteiger partial charge in [0.25, 0.3) is 5.91 Å². The molecule has 3 N–H and O–H groups in total. The van der Waals surface area contributed by atoms with Gasteiger partial charge in [0.1, 0.15) is 0 Å². The van der Waals surface area contributed by atoms with Crippen LogP contribution in [0.4, 0.5) is 5.69 Å². The molecule has 0 spiro atoms. The molecule has 1 unspecified atom stereocenters. The molecule has 1 aromatic rings. The lowest BCUT2D eigenvalue weighted by Gasteiger charge is -2.29. The molecule has 1 aliphatic rings. The van der Waals surface area contributed by atoms with Gasteiger partial charge in [-0.2, -0.15) is 0 Å². The van der Waals surface area contributed by atoms with E-state index in [4.69, 9.17) is 5.73 Å². The minimum Gasteiger partial charge on any atom is -0.481 e. The lowest BCUT2D eigenvalue weighted by atomic mass is 9.76. The van der Waals surface area contributed by atoms with Crippen molar-refractivity contribution in [1.82, 2.24) is 0 Å². The first kappa shape index (κ1) is 15.8. The van der Waals surface area contributed by atoms with Gasteiger partial charge in [-0.05, 0) is 30.5 Å². The first-order chi connectivity index (χ1) is 9.78. The zero-order valence-corrected chi connectivity index (χ0v) is 13.7. The summed E-state index contributed by atoms with van der Waals surface area (Å²) in [7, 11) is 0. The van der Waals surface area contributed by atoms with Crippen LogP contribution in [0, 0.1) is 11.3 Å². The second-order valence-electron chi connectivity index (χ2n) is 5.81. The Morgan fingerprint density at radius 3 is 2.57 bits per heavy atom. The number of carboxylic acid groups (broad SMARTS) is 1. The number of anilines is 1. The van der Waals surface area contributed by atoms with Gasteiger partial charge in [0, 0.05) is 23.2 Å². The zero-order chi connectivity index (χ0) is 15.8. The number of primary amides is 1. The molecule has 1 aromatic carbocycles. The van der Waals surface area contributed by atoms with Crippen LogP contribution in [0.2, 0.25) is 0 Å². The van der Waals surface area contributed by atoms with Crippen molar-refractivity contribution < 1.29 is 14.7 Å². The number of hydrogen-bond donors (Lipinski definition) is 2. The molecule has 0 saturated carbocycles. The lowest BCUT2D eigenvalue weighted by Crippen LogP contribution is -2.39. The maximum Gasteiger partial charge on any atom is 0.311 e. The summed E-state index contributed by atoms with van der Waals surface area (Å²) in [6.07, 6.45) is 0.564. The molecule has 114 valence electrons. The maximum absolute atomic E-state index is 11.7. The topological polar surface area (TPSA) is 83.6 Å². The Labute approximate surface area is 132 Å². The van der Waals surface area contributed by atoms with Crippen LogP contribution in [0.5, 0.6) is 0 Å². The maximum atomic E-state index is 11.7. The summed E-state index contributed by atoms with van der Waals surface area (Å²) in [4.78, 5) is 25.3. The Bertz CT molecular complexity index is 588. The Kier molecular flexibility index (Phi) is 4.27.